The lowest BCUT2D eigenvalue weighted by Crippen LogP contribution is -2.43. The summed E-state index contributed by atoms with van der Waals surface area (Å²) in [6, 6.07) is 11.8. The van der Waals surface area contributed by atoms with Gasteiger partial charge in [0.25, 0.3) is 0 Å². The Morgan fingerprint density at radius 1 is 1.17 bits per heavy atom. The Balaban J connectivity index is 1.99. The molecule has 3 rings (SSSR count). The number of amides is 2. The number of hydrogen-bond donors (Lipinski definition) is 1. The molecule has 0 bridgehead atoms. The van der Waals surface area contributed by atoms with Gasteiger partial charge in [-0.15, -0.1) is 0 Å². The zero-order chi connectivity index (χ0) is 17.3. The van der Waals surface area contributed by atoms with E-state index in [0.717, 1.165) is 27.3 Å². The van der Waals surface area contributed by atoms with Crippen molar-refractivity contribution in [3.63, 3.8) is 0 Å². The highest BCUT2D eigenvalue weighted by Gasteiger charge is 2.21. The van der Waals surface area contributed by atoms with Crippen molar-refractivity contribution in [3.05, 3.63) is 48.2 Å². The molecule has 1 aromatic heterocycles. The van der Waals surface area contributed by atoms with Crippen LogP contribution in [0.5, 0.6) is 0 Å². The van der Waals surface area contributed by atoms with Gasteiger partial charge in [-0.25, -0.2) is 0 Å². The summed E-state index contributed by atoms with van der Waals surface area (Å²) in [6.45, 7) is 3.65. The van der Waals surface area contributed by atoms with Crippen LogP contribution in [0.1, 0.15) is 19.4 Å². The normalized spacial score (nSPS) is 11.3. The molecule has 0 aliphatic rings. The number of carbonyl (C=O) groups is 2. The van der Waals surface area contributed by atoms with E-state index >= 15 is 0 Å². The Bertz CT molecular complexity index is 911. The van der Waals surface area contributed by atoms with Crippen molar-refractivity contribution < 1.29 is 14.0 Å². The van der Waals surface area contributed by atoms with Gasteiger partial charge < -0.3 is 15.1 Å². The summed E-state index contributed by atoms with van der Waals surface area (Å²) >= 11 is 0. The van der Waals surface area contributed by atoms with Crippen LogP contribution < -0.4 is 5.73 Å². The number of fused-ring (bicyclic) bond motifs is 3. The average Bonchev–Trinajstić information content (AvgIpc) is 2.95. The summed E-state index contributed by atoms with van der Waals surface area (Å²) in [4.78, 5) is 25.4. The van der Waals surface area contributed by atoms with Crippen molar-refractivity contribution in [1.29, 1.82) is 0 Å². The number of nitrogens with zero attached hydrogens (tertiary/aromatic N) is 1. The fourth-order valence-electron chi connectivity index (χ4n) is 3.00. The van der Waals surface area contributed by atoms with E-state index in [2.05, 4.69) is 0 Å². The lowest BCUT2D eigenvalue weighted by molar-refractivity contribution is -0.136. The van der Waals surface area contributed by atoms with E-state index in [0.29, 0.717) is 0 Å². The van der Waals surface area contributed by atoms with Crippen molar-refractivity contribution >= 4 is 33.6 Å². The number of nitrogens with two attached hydrogens (primary N) is 1. The van der Waals surface area contributed by atoms with Crippen molar-refractivity contribution in [2.24, 2.45) is 5.73 Å². The molecule has 0 saturated heterocycles. The Kier molecular flexibility index (Phi) is 4.25. The minimum atomic E-state index is -0.514. The summed E-state index contributed by atoms with van der Waals surface area (Å²) in [7, 11) is 0. The molecule has 124 valence electrons. The predicted octanol–water partition coefficient (Wildman–Crippen LogP) is 2.85. The fourth-order valence-corrected chi connectivity index (χ4v) is 3.00. The molecule has 2 aromatic carbocycles. The summed E-state index contributed by atoms with van der Waals surface area (Å²) < 4.78 is 5.62. The van der Waals surface area contributed by atoms with Gasteiger partial charge in [-0.2, -0.15) is 0 Å². The molecular weight excluding hydrogens is 304 g/mol. The van der Waals surface area contributed by atoms with Crippen LogP contribution in [0.25, 0.3) is 21.7 Å². The Morgan fingerprint density at radius 3 is 2.62 bits per heavy atom. The molecule has 0 saturated carbocycles. The van der Waals surface area contributed by atoms with Crippen LogP contribution in [-0.2, 0) is 16.0 Å². The van der Waals surface area contributed by atoms with Gasteiger partial charge in [0, 0.05) is 17.0 Å². The maximum atomic E-state index is 12.6. The number of hydrogen-bond acceptors (Lipinski definition) is 3. The molecule has 0 aliphatic carbocycles. The van der Waals surface area contributed by atoms with Crippen molar-refractivity contribution in [1.82, 2.24) is 4.90 Å². The quantitative estimate of drug-likeness (QED) is 0.784. The predicted molar refractivity (Wildman–Crippen MR) is 93.5 cm³/mol. The first kappa shape index (κ1) is 16.1. The third-order valence-corrected chi connectivity index (χ3v) is 4.15. The molecule has 5 heteroatoms. The van der Waals surface area contributed by atoms with E-state index in [1.165, 1.54) is 4.90 Å². The van der Waals surface area contributed by atoms with Crippen LogP contribution in [0, 0.1) is 0 Å². The van der Waals surface area contributed by atoms with Gasteiger partial charge in [0.15, 0.2) is 0 Å². The summed E-state index contributed by atoms with van der Waals surface area (Å²) in [5.41, 5.74) is 6.83. The van der Waals surface area contributed by atoms with Crippen molar-refractivity contribution in [3.8, 4) is 0 Å². The Labute approximate surface area is 140 Å². The number of primary amides is 1. The SMILES string of the molecule is CC(C)N(CC(N)=O)C(=O)Cc1coc2ccc3ccccc3c12. The lowest BCUT2D eigenvalue weighted by atomic mass is 10.0. The average molecular weight is 324 g/mol. The number of rotatable bonds is 5. The van der Waals surface area contributed by atoms with Gasteiger partial charge in [0.05, 0.1) is 19.2 Å². The van der Waals surface area contributed by atoms with Gasteiger partial charge >= 0.3 is 0 Å². The van der Waals surface area contributed by atoms with Crippen LogP contribution in [0.15, 0.2) is 47.1 Å². The highest BCUT2D eigenvalue weighted by molar-refractivity contribution is 6.08. The zero-order valence-electron chi connectivity index (χ0n) is 13.8. The van der Waals surface area contributed by atoms with Gasteiger partial charge in [-0.3, -0.25) is 9.59 Å². The largest absolute Gasteiger partial charge is 0.464 e. The molecule has 5 nitrogen and oxygen atoms in total. The zero-order valence-corrected chi connectivity index (χ0v) is 13.8. The molecule has 2 N–H and O–H groups in total. The molecule has 1 heterocycles. The molecule has 3 aromatic rings. The highest BCUT2D eigenvalue weighted by Crippen LogP contribution is 2.30. The summed E-state index contributed by atoms with van der Waals surface area (Å²) in [6.07, 6.45) is 1.80. The monoisotopic (exact) mass is 324 g/mol. The molecule has 24 heavy (non-hydrogen) atoms. The Hall–Kier alpha value is -2.82. The highest BCUT2D eigenvalue weighted by atomic mass is 16.3. The molecule has 2 amide bonds. The molecule has 0 atom stereocenters. The molecule has 0 radical (unpaired) electrons. The standard InChI is InChI=1S/C19H20N2O3/c1-12(2)21(10-17(20)22)18(23)9-14-11-24-16-8-7-13-5-3-4-6-15(13)19(14)16/h3-8,11-12H,9-10H2,1-2H3,(H2,20,22). The van der Waals surface area contributed by atoms with E-state index < -0.39 is 5.91 Å². The third-order valence-electron chi connectivity index (χ3n) is 4.15. The maximum Gasteiger partial charge on any atom is 0.237 e. The second kappa shape index (κ2) is 6.35. The van der Waals surface area contributed by atoms with Crippen LogP contribution in [0.2, 0.25) is 0 Å². The van der Waals surface area contributed by atoms with Gasteiger partial charge in [0.2, 0.25) is 11.8 Å². The minimum Gasteiger partial charge on any atom is -0.464 e. The first-order valence-corrected chi connectivity index (χ1v) is 7.93. The number of benzene rings is 2. The summed E-state index contributed by atoms with van der Waals surface area (Å²) in [5, 5.41) is 3.10. The second-order valence-electron chi connectivity index (χ2n) is 6.18. The van der Waals surface area contributed by atoms with E-state index in [1.807, 2.05) is 50.2 Å². The minimum absolute atomic E-state index is 0.0764. The third kappa shape index (κ3) is 2.97. The lowest BCUT2D eigenvalue weighted by Gasteiger charge is -2.25. The first-order valence-electron chi connectivity index (χ1n) is 7.93. The molecule has 0 fully saturated rings. The number of furan rings is 1. The number of carbonyl (C=O) groups excluding carboxylic acids is 2. The fraction of sp³-hybridized carbons (Fsp3) is 0.263. The van der Waals surface area contributed by atoms with Gasteiger partial charge in [-0.05, 0) is 30.7 Å². The topological polar surface area (TPSA) is 76.5 Å². The Morgan fingerprint density at radius 2 is 1.92 bits per heavy atom. The van der Waals surface area contributed by atoms with Crippen LogP contribution >= 0.6 is 0 Å². The second-order valence-corrected chi connectivity index (χ2v) is 6.18. The molecule has 0 spiro atoms. The maximum absolute atomic E-state index is 12.6. The van der Waals surface area contributed by atoms with E-state index in [1.54, 1.807) is 6.26 Å². The molecule has 0 aliphatic heterocycles. The van der Waals surface area contributed by atoms with Crippen LogP contribution in [0.4, 0.5) is 0 Å². The van der Waals surface area contributed by atoms with E-state index in [4.69, 9.17) is 10.2 Å². The van der Waals surface area contributed by atoms with Crippen LogP contribution in [-0.4, -0.2) is 29.3 Å². The van der Waals surface area contributed by atoms with Crippen LogP contribution in [0.3, 0.4) is 0 Å². The van der Waals surface area contributed by atoms with Crippen molar-refractivity contribution in [2.45, 2.75) is 26.3 Å². The van der Waals surface area contributed by atoms with Gasteiger partial charge in [-0.1, -0.05) is 30.3 Å². The van der Waals surface area contributed by atoms with Crippen molar-refractivity contribution in [2.75, 3.05) is 6.54 Å². The summed E-state index contributed by atoms with van der Waals surface area (Å²) in [5.74, 6) is -0.654. The smallest absolute Gasteiger partial charge is 0.237 e. The van der Waals surface area contributed by atoms with E-state index in [9.17, 15) is 9.59 Å². The van der Waals surface area contributed by atoms with E-state index in [-0.39, 0.29) is 24.9 Å². The van der Waals surface area contributed by atoms with Gasteiger partial charge in [0.1, 0.15) is 5.58 Å². The first-order chi connectivity index (χ1) is 11.5. The molecular formula is C19H20N2O3. The molecule has 0 unspecified atom stereocenters.